The molecule has 17 heavy (non-hydrogen) atoms. The van der Waals surface area contributed by atoms with Gasteiger partial charge < -0.3 is 10.5 Å². The van der Waals surface area contributed by atoms with Crippen molar-refractivity contribution in [2.75, 3.05) is 5.73 Å². The summed E-state index contributed by atoms with van der Waals surface area (Å²) in [4.78, 5) is 0. The van der Waals surface area contributed by atoms with Crippen molar-refractivity contribution in [2.45, 2.75) is 6.92 Å². The first-order chi connectivity index (χ1) is 8.22. The van der Waals surface area contributed by atoms with Gasteiger partial charge in [0.1, 0.15) is 11.6 Å². The van der Waals surface area contributed by atoms with E-state index < -0.39 is 0 Å². The van der Waals surface area contributed by atoms with E-state index in [1.165, 1.54) is 12.3 Å². The minimum atomic E-state index is 0.163. The van der Waals surface area contributed by atoms with Gasteiger partial charge in [0.15, 0.2) is 5.75 Å². The summed E-state index contributed by atoms with van der Waals surface area (Å²) in [5, 5.41) is 16.4. The number of rotatable bonds is 2. The molecule has 2 aromatic rings. The van der Waals surface area contributed by atoms with E-state index >= 15 is 0 Å². The van der Waals surface area contributed by atoms with Gasteiger partial charge in [0.2, 0.25) is 0 Å². The van der Waals surface area contributed by atoms with Gasteiger partial charge in [-0.25, -0.2) is 0 Å². The van der Waals surface area contributed by atoms with Crippen LogP contribution in [-0.4, -0.2) is 10.2 Å². The molecule has 0 amide bonds. The van der Waals surface area contributed by atoms with Crippen molar-refractivity contribution in [1.82, 2.24) is 10.2 Å². The second-order valence-electron chi connectivity index (χ2n) is 3.46. The van der Waals surface area contributed by atoms with Crippen molar-refractivity contribution >= 4 is 5.69 Å². The van der Waals surface area contributed by atoms with E-state index in [1.807, 2.05) is 25.1 Å². The van der Waals surface area contributed by atoms with Gasteiger partial charge in [-0.3, -0.25) is 0 Å². The number of nitrogen functional groups attached to an aromatic ring is 1. The van der Waals surface area contributed by atoms with Crippen molar-refractivity contribution in [2.24, 2.45) is 0 Å². The molecule has 0 bridgehead atoms. The predicted octanol–water partition coefficient (Wildman–Crippen LogP) is 2.03. The fourth-order valence-electron chi connectivity index (χ4n) is 1.39. The summed E-state index contributed by atoms with van der Waals surface area (Å²) < 4.78 is 5.54. The lowest BCUT2D eigenvalue weighted by atomic mass is 10.2. The summed E-state index contributed by atoms with van der Waals surface area (Å²) >= 11 is 0. The van der Waals surface area contributed by atoms with Crippen LogP contribution in [0.3, 0.4) is 0 Å². The summed E-state index contributed by atoms with van der Waals surface area (Å²) in [5.74, 6) is 0.667. The summed E-state index contributed by atoms with van der Waals surface area (Å²) in [5.41, 5.74) is 7.50. The molecule has 5 nitrogen and oxygen atoms in total. The van der Waals surface area contributed by atoms with Crippen molar-refractivity contribution < 1.29 is 4.74 Å². The number of nitrogens with two attached hydrogens (primary N) is 1. The molecular formula is C12H10N4O. The van der Waals surface area contributed by atoms with E-state index in [2.05, 4.69) is 10.2 Å². The Morgan fingerprint density at radius 2 is 2.18 bits per heavy atom. The van der Waals surface area contributed by atoms with E-state index in [0.717, 1.165) is 5.56 Å². The first-order valence-electron chi connectivity index (χ1n) is 4.97. The Balaban J connectivity index is 2.42. The van der Waals surface area contributed by atoms with Crippen LogP contribution in [0.2, 0.25) is 0 Å². The van der Waals surface area contributed by atoms with Crippen LogP contribution in [0.5, 0.6) is 11.6 Å². The average Bonchev–Trinajstić information content (AvgIpc) is 2.34. The van der Waals surface area contributed by atoms with Crippen LogP contribution in [0.1, 0.15) is 11.1 Å². The second kappa shape index (κ2) is 4.49. The first-order valence-corrected chi connectivity index (χ1v) is 4.97. The van der Waals surface area contributed by atoms with Crippen LogP contribution >= 0.6 is 0 Å². The molecule has 0 fully saturated rings. The zero-order chi connectivity index (χ0) is 12.3. The lowest BCUT2D eigenvalue weighted by molar-refractivity contribution is 0.452. The number of benzene rings is 1. The topological polar surface area (TPSA) is 84.8 Å². The minimum absolute atomic E-state index is 0.163. The van der Waals surface area contributed by atoms with Crippen molar-refractivity contribution in [3.63, 3.8) is 0 Å². The summed E-state index contributed by atoms with van der Waals surface area (Å²) in [6.07, 6.45) is 1.44. The van der Waals surface area contributed by atoms with Gasteiger partial charge in [-0.2, -0.15) is 10.4 Å². The van der Waals surface area contributed by atoms with Crippen molar-refractivity contribution in [1.29, 1.82) is 5.26 Å². The quantitative estimate of drug-likeness (QED) is 0.792. The zero-order valence-corrected chi connectivity index (χ0v) is 9.21. The predicted molar refractivity (Wildman–Crippen MR) is 62.4 cm³/mol. The summed E-state index contributed by atoms with van der Waals surface area (Å²) in [6.45, 7) is 1.87. The molecular weight excluding hydrogens is 216 g/mol. The third-order valence-electron chi connectivity index (χ3n) is 2.25. The van der Waals surface area contributed by atoms with Crippen LogP contribution in [-0.2, 0) is 0 Å². The molecule has 1 aromatic carbocycles. The van der Waals surface area contributed by atoms with E-state index in [0.29, 0.717) is 17.0 Å². The monoisotopic (exact) mass is 226 g/mol. The Morgan fingerprint density at radius 3 is 2.88 bits per heavy atom. The van der Waals surface area contributed by atoms with Gasteiger partial charge in [-0.05, 0) is 24.6 Å². The van der Waals surface area contributed by atoms with E-state index in [-0.39, 0.29) is 5.88 Å². The SMILES string of the molecule is Cc1cccc(N)c1Oc1nnccc1C#N. The van der Waals surface area contributed by atoms with Gasteiger partial charge in [0.05, 0.1) is 11.9 Å². The second-order valence-corrected chi connectivity index (χ2v) is 3.46. The number of aryl methyl sites for hydroxylation is 1. The number of para-hydroxylation sites is 1. The maximum atomic E-state index is 8.91. The van der Waals surface area contributed by atoms with Crippen molar-refractivity contribution in [3.8, 4) is 17.7 Å². The largest absolute Gasteiger partial charge is 0.434 e. The van der Waals surface area contributed by atoms with Crippen molar-refractivity contribution in [3.05, 3.63) is 41.6 Å². The molecule has 0 saturated carbocycles. The number of hydrogen-bond acceptors (Lipinski definition) is 5. The van der Waals surface area contributed by atoms with Gasteiger partial charge in [-0.15, -0.1) is 5.10 Å². The Labute approximate surface area is 98.5 Å². The van der Waals surface area contributed by atoms with E-state index in [9.17, 15) is 0 Å². The molecule has 2 rings (SSSR count). The molecule has 84 valence electrons. The minimum Gasteiger partial charge on any atom is -0.434 e. The van der Waals surface area contributed by atoms with E-state index in [4.69, 9.17) is 15.7 Å². The Hall–Kier alpha value is -2.61. The summed E-state index contributed by atoms with van der Waals surface area (Å²) in [7, 11) is 0. The highest BCUT2D eigenvalue weighted by Gasteiger charge is 2.10. The first kappa shape index (κ1) is 10.9. The number of nitriles is 1. The number of nitrogens with zero attached hydrogens (tertiary/aromatic N) is 3. The number of anilines is 1. The highest BCUT2D eigenvalue weighted by Crippen LogP contribution is 2.30. The maximum Gasteiger partial charge on any atom is 0.257 e. The molecule has 0 aliphatic heterocycles. The van der Waals surface area contributed by atoms with Gasteiger partial charge in [-0.1, -0.05) is 12.1 Å². The molecule has 0 spiro atoms. The Bertz CT molecular complexity index is 569. The fraction of sp³-hybridized carbons (Fsp3) is 0.0833. The molecule has 0 radical (unpaired) electrons. The third kappa shape index (κ3) is 2.16. The fourth-order valence-corrected chi connectivity index (χ4v) is 1.39. The van der Waals surface area contributed by atoms with Crippen LogP contribution < -0.4 is 10.5 Å². The van der Waals surface area contributed by atoms with E-state index in [1.54, 1.807) is 6.07 Å². The van der Waals surface area contributed by atoms with Crippen LogP contribution in [0, 0.1) is 18.3 Å². The number of ether oxygens (including phenoxy) is 1. The highest BCUT2D eigenvalue weighted by atomic mass is 16.5. The third-order valence-corrected chi connectivity index (χ3v) is 2.25. The molecule has 2 N–H and O–H groups in total. The van der Waals surface area contributed by atoms with Crippen LogP contribution in [0.4, 0.5) is 5.69 Å². The molecule has 0 unspecified atom stereocenters. The summed E-state index contributed by atoms with van der Waals surface area (Å²) in [6, 6.07) is 8.95. The molecule has 1 aromatic heterocycles. The zero-order valence-electron chi connectivity index (χ0n) is 9.21. The van der Waals surface area contributed by atoms with Gasteiger partial charge in [0.25, 0.3) is 5.88 Å². The molecule has 0 saturated heterocycles. The molecule has 1 heterocycles. The smallest absolute Gasteiger partial charge is 0.257 e. The lowest BCUT2D eigenvalue weighted by Gasteiger charge is -2.10. The highest BCUT2D eigenvalue weighted by molar-refractivity contribution is 5.58. The lowest BCUT2D eigenvalue weighted by Crippen LogP contribution is -1.98. The van der Waals surface area contributed by atoms with Gasteiger partial charge in [0, 0.05) is 0 Å². The van der Waals surface area contributed by atoms with Gasteiger partial charge >= 0.3 is 0 Å². The average molecular weight is 226 g/mol. The molecule has 5 heteroatoms. The molecule has 0 atom stereocenters. The Morgan fingerprint density at radius 1 is 1.35 bits per heavy atom. The van der Waals surface area contributed by atoms with Crippen LogP contribution in [0.25, 0.3) is 0 Å². The number of hydrogen-bond donors (Lipinski definition) is 1. The normalized spacial score (nSPS) is 9.65. The van der Waals surface area contributed by atoms with Crippen LogP contribution in [0.15, 0.2) is 30.5 Å². The molecule has 0 aliphatic rings. The number of aromatic nitrogens is 2. The maximum absolute atomic E-state index is 8.91. The molecule has 0 aliphatic carbocycles. The Kier molecular flexibility index (Phi) is 2.88. The standard InChI is InChI=1S/C12H10N4O/c1-8-3-2-4-10(14)11(8)17-12-9(7-13)5-6-15-16-12/h2-6H,14H2,1H3.